The van der Waals surface area contributed by atoms with Gasteiger partial charge in [0.2, 0.25) is 5.84 Å². The molecule has 0 bridgehead atoms. The molecule has 0 aliphatic carbocycles. The van der Waals surface area contributed by atoms with E-state index in [1.165, 1.54) is 0 Å². The maximum atomic E-state index is 9.34. The Morgan fingerprint density at radius 3 is 2.59 bits per heavy atom. The minimum absolute atomic E-state index is 0.261. The van der Waals surface area contributed by atoms with Crippen molar-refractivity contribution in [1.29, 1.82) is 0 Å². The van der Waals surface area contributed by atoms with Crippen molar-refractivity contribution in [2.45, 2.75) is 0 Å². The largest absolute Gasteiger partial charge is 0.409 e. The molecule has 0 saturated carbocycles. The average Bonchev–Trinajstić information content (AvgIpc) is 2.99. The molecule has 0 radical (unpaired) electrons. The van der Waals surface area contributed by atoms with Crippen molar-refractivity contribution in [3.8, 4) is 0 Å². The molecule has 22 heavy (non-hydrogen) atoms. The van der Waals surface area contributed by atoms with Crippen LogP contribution in [0.15, 0.2) is 78.4 Å². The van der Waals surface area contributed by atoms with Crippen LogP contribution >= 0.6 is 0 Å². The molecule has 0 fully saturated rings. The Labute approximate surface area is 127 Å². The van der Waals surface area contributed by atoms with E-state index in [0.29, 0.717) is 5.70 Å². The summed E-state index contributed by atoms with van der Waals surface area (Å²) in [7, 11) is 0. The number of rotatable bonds is 4. The van der Waals surface area contributed by atoms with E-state index in [1.807, 2.05) is 54.6 Å². The summed E-state index contributed by atoms with van der Waals surface area (Å²) in [5.74, 6) is 0.261. The first-order valence-corrected chi connectivity index (χ1v) is 6.70. The number of aromatic nitrogens is 2. The molecule has 6 heteroatoms. The van der Waals surface area contributed by atoms with Crippen molar-refractivity contribution < 1.29 is 5.21 Å². The smallest absolute Gasteiger partial charge is 0.202 e. The number of fused-ring (bicyclic) bond motifs is 1. The zero-order chi connectivity index (χ0) is 15.4. The zero-order valence-corrected chi connectivity index (χ0v) is 11.8. The highest BCUT2D eigenvalue weighted by molar-refractivity contribution is 6.03. The zero-order valence-electron chi connectivity index (χ0n) is 11.8. The van der Waals surface area contributed by atoms with Crippen molar-refractivity contribution in [2.24, 2.45) is 5.16 Å². The number of nitrogens with zero attached hydrogens (tertiary/aromatic N) is 3. The number of hydrogen-bond donors (Lipinski definition) is 3. The summed E-state index contributed by atoms with van der Waals surface area (Å²) in [4.78, 5) is 4.27. The number of benzene rings is 2. The second-order valence-corrected chi connectivity index (χ2v) is 4.62. The Kier molecular flexibility index (Phi) is 3.74. The first-order valence-electron chi connectivity index (χ1n) is 6.70. The fraction of sp³-hybridized carbons (Fsp3) is 0. The molecule has 0 unspecified atom stereocenters. The van der Waals surface area contributed by atoms with Gasteiger partial charge in [-0.05, 0) is 24.3 Å². The molecule has 3 rings (SSSR count). The van der Waals surface area contributed by atoms with Crippen LogP contribution in [0.4, 0.5) is 5.69 Å². The molecule has 0 aliphatic rings. The van der Waals surface area contributed by atoms with Crippen molar-refractivity contribution in [2.75, 3.05) is 5.43 Å². The molecule has 0 saturated heterocycles. The van der Waals surface area contributed by atoms with Gasteiger partial charge in [0.25, 0.3) is 0 Å². The Bertz CT molecular complexity index is 823. The SMILES string of the molecule is C=C(NNc1ccccc1)/C(=N\O)n1cnc2ccccc21. The van der Waals surface area contributed by atoms with E-state index in [9.17, 15) is 5.21 Å². The predicted octanol–water partition coefficient (Wildman–Crippen LogP) is 2.80. The van der Waals surface area contributed by atoms with E-state index in [-0.39, 0.29) is 5.84 Å². The fourth-order valence-electron chi connectivity index (χ4n) is 2.11. The number of hydrogen-bond acceptors (Lipinski definition) is 5. The molecule has 2 aromatic carbocycles. The quantitative estimate of drug-likeness (QED) is 0.299. The highest BCUT2D eigenvalue weighted by Crippen LogP contribution is 2.13. The second-order valence-electron chi connectivity index (χ2n) is 4.62. The lowest BCUT2D eigenvalue weighted by molar-refractivity contribution is 0.317. The molecule has 1 heterocycles. The normalized spacial score (nSPS) is 11.4. The van der Waals surface area contributed by atoms with Crippen LogP contribution in [0.3, 0.4) is 0 Å². The van der Waals surface area contributed by atoms with E-state index in [2.05, 4.69) is 27.6 Å². The first-order chi connectivity index (χ1) is 10.8. The van der Waals surface area contributed by atoms with Gasteiger partial charge in [-0.15, -0.1) is 0 Å². The molecular formula is C16H15N5O. The van der Waals surface area contributed by atoms with Crippen LogP contribution < -0.4 is 10.9 Å². The summed E-state index contributed by atoms with van der Waals surface area (Å²) in [6.45, 7) is 3.89. The minimum atomic E-state index is 0.261. The lowest BCUT2D eigenvalue weighted by Crippen LogP contribution is -2.29. The van der Waals surface area contributed by atoms with Gasteiger partial charge in [-0.3, -0.25) is 9.99 Å². The number of anilines is 1. The highest BCUT2D eigenvalue weighted by atomic mass is 16.4. The van der Waals surface area contributed by atoms with Crippen LogP contribution in [-0.2, 0) is 0 Å². The summed E-state index contributed by atoms with van der Waals surface area (Å²) in [5.41, 5.74) is 8.84. The third kappa shape index (κ3) is 2.62. The standard InChI is InChI=1S/C16H15N5O/c1-12(18-19-13-7-3-2-4-8-13)16(20-22)21-11-17-14-9-5-6-10-15(14)21/h2-11,18-19,22H,1H2/b20-16+. The number of nitrogens with one attached hydrogen (secondary N) is 2. The Morgan fingerprint density at radius 2 is 1.82 bits per heavy atom. The summed E-state index contributed by atoms with van der Waals surface area (Å²) in [6.07, 6.45) is 1.59. The van der Waals surface area contributed by atoms with Gasteiger partial charge in [-0.1, -0.05) is 42.1 Å². The van der Waals surface area contributed by atoms with Crippen molar-refractivity contribution >= 4 is 22.6 Å². The van der Waals surface area contributed by atoms with Gasteiger partial charge in [0.05, 0.1) is 22.4 Å². The Morgan fingerprint density at radius 1 is 1.09 bits per heavy atom. The molecule has 0 spiro atoms. The molecule has 6 nitrogen and oxygen atoms in total. The number of oxime groups is 1. The maximum Gasteiger partial charge on any atom is 0.202 e. The van der Waals surface area contributed by atoms with Crippen LogP contribution in [0, 0.1) is 0 Å². The van der Waals surface area contributed by atoms with Crippen LogP contribution in [0.1, 0.15) is 0 Å². The first kappa shape index (κ1) is 13.7. The van der Waals surface area contributed by atoms with Crippen LogP contribution in [0.25, 0.3) is 11.0 Å². The van der Waals surface area contributed by atoms with E-state index in [0.717, 1.165) is 16.7 Å². The number of allylic oxidation sites excluding steroid dienone is 1. The number of para-hydroxylation sites is 3. The lowest BCUT2D eigenvalue weighted by atomic mass is 10.3. The minimum Gasteiger partial charge on any atom is -0.409 e. The Balaban J connectivity index is 1.81. The van der Waals surface area contributed by atoms with Crippen LogP contribution in [0.5, 0.6) is 0 Å². The molecule has 110 valence electrons. The number of hydrazine groups is 1. The summed E-state index contributed by atoms with van der Waals surface area (Å²) < 4.78 is 1.66. The molecule has 0 amide bonds. The van der Waals surface area contributed by atoms with Gasteiger partial charge in [0, 0.05) is 0 Å². The van der Waals surface area contributed by atoms with E-state index >= 15 is 0 Å². The molecule has 1 aromatic heterocycles. The molecule has 3 aromatic rings. The van der Waals surface area contributed by atoms with E-state index < -0.39 is 0 Å². The Hall–Kier alpha value is -3.28. The van der Waals surface area contributed by atoms with Gasteiger partial charge in [-0.2, -0.15) is 0 Å². The van der Waals surface area contributed by atoms with Gasteiger partial charge < -0.3 is 10.6 Å². The third-order valence-electron chi connectivity index (χ3n) is 3.18. The van der Waals surface area contributed by atoms with Crippen molar-refractivity contribution in [1.82, 2.24) is 15.0 Å². The summed E-state index contributed by atoms with van der Waals surface area (Å²) in [5, 5.41) is 12.7. The van der Waals surface area contributed by atoms with Gasteiger partial charge >= 0.3 is 0 Å². The average molecular weight is 293 g/mol. The van der Waals surface area contributed by atoms with E-state index in [1.54, 1.807) is 10.9 Å². The van der Waals surface area contributed by atoms with Gasteiger partial charge in [-0.25, -0.2) is 4.98 Å². The predicted molar refractivity (Wildman–Crippen MR) is 86.7 cm³/mol. The molecule has 0 atom stereocenters. The summed E-state index contributed by atoms with van der Waals surface area (Å²) >= 11 is 0. The van der Waals surface area contributed by atoms with Crippen LogP contribution in [0.2, 0.25) is 0 Å². The summed E-state index contributed by atoms with van der Waals surface area (Å²) in [6, 6.07) is 17.1. The fourth-order valence-corrected chi connectivity index (χ4v) is 2.11. The van der Waals surface area contributed by atoms with Crippen molar-refractivity contribution in [3.05, 3.63) is 73.2 Å². The van der Waals surface area contributed by atoms with Gasteiger partial charge in [0.15, 0.2) is 0 Å². The molecule has 3 N–H and O–H groups in total. The highest BCUT2D eigenvalue weighted by Gasteiger charge is 2.12. The van der Waals surface area contributed by atoms with Gasteiger partial charge in [0.1, 0.15) is 6.33 Å². The number of imidazole rings is 1. The lowest BCUT2D eigenvalue weighted by Gasteiger charge is -2.14. The topological polar surface area (TPSA) is 74.5 Å². The van der Waals surface area contributed by atoms with E-state index in [4.69, 9.17) is 0 Å². The molecular weight excluding hydrogens is 278 g/mol. The third-order valence-corrected chi connectivity index (χ3v) is 3.18. The van der Waals surface area contributed by atoms with Crippen LogP contribution in [-0.4, -0.2) is 20.6 Å². The molecule has 0 aliphatic heterocycles. The maximum absolute atomic E-state index is 9.34. The second kappa shape index (κ2) is 6.01. The monoisotopic (exact) mass is 293 g/mol. The van der Waals surface area contributed by atoms with Crippen molar-refractivity contribution in [3.63, 3.8) is 0 Å².